The van der Waals surface area contributed by atoms with Crippen molar-refractivity contribution < 1.29 is 14.0 Å². The number of carbonyl (C=O) groups excluding carboxylic acids is 2. The second-order valence-electron chi connectivity index (χ2n) is 6.96. The fourth-order valence-corrected chi connectivity index (χ4v) is 3.89. The highest BCUT2D eigenvalue weighted by Gasteiger charge is 2.36. The molecule has 1 aliphatic carbocycles. The van der Waals surface area contributed by atoms with Gasteiger partial charge in [-0.1, -0.05) is 36.4 Å². The molecule has 1 fully saturated rings. The molecule has 0 aliphatic heterocycles. The molecule has 5 nitrogen and oxygen atoms in total. The van der Waals surface area contributed by atoms with Crippen LogP contribution in [-0.4, -0.2) is 34.2 Å². The van der Waals surface area contributed by atoms with Crippen LogP contribution in [0.15, 0.2) is 70.7 Å². The van der Waals surface area contributed by atoms with Crippen LogP contribution in [0.1, 0.15) is 33.8 Å². The van der Waals surface area contributed by atoms with Crippen molar-refractivity contribution in [2.45, 2.75) is 32.0 Å². The van der Waals surface area contributed by atoms with Crippen molar-refractivity contribution >= 4 is 23.2 Å². The Hall–Kier alpha value is -2.86. The third-order valence-electron chi connectivity index (χ3n) is 4.78. The maximum atomic E-state index is 13.2. The van der Waals surface area contributed by atoms with Gasteiger partial charge in [-0.2, -0.15) is 0 Å². The Morgan fingerprint density at radius 2 is 1.82 bits per heavy atom. The SMILES string of the molecule is O=C(CN(C(=O)c1ccco1)C1CC1)N(Cc1ccccc1)Cc1cccs1. The molecular formula is C22H22N2O3S. The highest BCUT2D eigenvalue weighted by atomic mass is 32.1. The maximum Gasteiger partial charge on any atom is 0.290 e. The highest BCUT2D eigenvalue weighted by molar-refractivity contribution is 7.09. The number of carbonyl (C=O) groups is 2. The Morgan fingerprint density at radius 3 is 2.46 bits per heavy atom. The van der Waals surface area contributed by atoms with Crippen molar-refractivity contribution in [2.24, 2.45) is 0 Å². The van der Waals surface area contributed by atoms with Crippen LogP contribution in [0.3, 0.4) is 0 Å². The molecule has 0 saturated heterocycles. The van der Waals surface area contributed by atoms with E-state index in [4.69, 9.17) is 4.42 Å². The molecule has 6 heteroatoms. The number of furan rings is 1. The minimum atomic E-state index is -0.211. The summed E-state index contributed by atoms with van der Waals surface area (Å²) < 4.78 is 5.26. The van der Waals surface area contributed by atoms with Gasteiger partial charge in [-0.25, -0.2) is 0 Å². The lowest BCUT2D eigenvalue weighted by Gasteiger charge is -2.27. The predicted octanol–water partition coefficient (Wildman–Crippen LogP) is 4.17. The molecule has 28 heavy (non-hydrogen) atoms. The van der Waals surface area contributed by atoms with E-state index in [0.29, 0.717) is 13.1 Å². The van der Waals surface area contributed by atoms with E-state index in [1.807, 2.05) is 52.7 Å². The van der Waals surface area contributed by atoms with Gasteiger partial charge in [0.25, 0.3) is 5.91 Å². The number of hydrogen-bond donors (Lipinski definition) is 0. The van der Waals surface area contributed by atoms with Crippen LogP contribution in [0.4, 0.5) is 0 Å². The van der Waals surface area contributed by atoms with Gasteiger partial charge in [-0.15, -0.1) is 11.3 Å². The molecule has 2 aromatic heterocycles. The number of amides is 2. The molecule has 0 atom stereocenters. The van der Waals surface area contributed by atoms with Crippen LogP contribution in [0.25, 0.3) is 0 Å². The molecule has 144 valence electrons. The number of benzene rings is 1. The van der Waals surface area contributed by atoms with Gasteiger partial charge >= 0.3 is 0 Å². The standard InChI is InChI=1S/C22H22N2O3S/c25-21(16-24(18-10-11-18)22(26)20-9-4-12-27-20)23(15-19-8-5-13-28-19)14-17-6-2-1-3-7-17/h1-9,12-13,18H,10-11,14-16H2. The summed E-state index contributed by atoms with van der Waals surface area (Å²) >= 11 is 1.63. The zero-order valence-electron chi connectivity index (χ0n) is 15.5. The molecule has 1 aromatic carbocycles. The molecule has 4 rings (SSSR count). The average Bonchev–Trinajstić information content (AvgIpc) is 3.18. The highest BCUT2D eigenvalue weighted by Crippen LogP contribution is 2.28. The number of rotatable bonds is 8. The van der Waals surface area contributed by atoms with Crippen molar-refractivity contribution in [1.29, 1.82) is 0 Å². The van der Waals surface area contributed by atoms with Crippen LogP contribution in [0.2, 0.25) is 0 Å². The first-order valence-electron chi connectivity index (χ1n) is 9.39. The lowest BCUT2D eigenvalue weighted by Crippen LogP contribution is -2.43. The fraction of sp³-hybridized carbons (Fsp3) is 0.273. The molecule has 0 unspecified atom stereocenters. The van der Waals surface area contributed by atoms with E-state index in [1.54, 1.807) is 28.4 Å². The molecule has 0 N–H and O–H groups in total. The van der Waals surface area contributed by atoms with Crippen LogP contribution < -0.4 is 0 Å². The van der Waals surface area contributed by atoms with E-state index in [1.165, 1.54) is 6.26 Å². The zero-order valence-corrected chi connectivity index (χ0v) is 16.3. The van der Waals surface area contributed by atoms with Crippen LogP contribution >= 0.6 is 11.3 Å². The third-order valence-corrected chi connectivity index (χ3v) is 5.64. The Labute approximate surface area is 168 Å². The molecular weight excluding hydrogens is 372 g/mol. The number of hydrogen-bond acceptors (Lipinski definition) is 4. The lowest BCUT2D eigenvalue weighted by atomic mass is 10.2. The third kappa shape index (κ3) is 4.51. The summed E-state index contributed by atoms with van der Waals surface area (Å²) in [4.78, 5) is 30.6. The molecule has 2 heterocycles. The first kappa shape index (κ1) is 18.5. The van der Waals surface area contributed by atoms with Gasteiger partial charge < -0.3 is 14.2 Å². The van der Waals surface area contributed by atoms with Crippen LogP contribution in [0, 0.1) is 0 Å². The summed E-state index contributed by atoms with van der Waals surface area (Å²) in [5, 5.41) is 2.01. The smallest absolute Gasteiger partial charge is 0.290 e. The maximum absolute atomic E-state index is 13.2. The summed E-state index contributed by atoms with van der Waals surface area (Å²) in [5.41, 5.74) is 1.07. The van der Waals surface area contributed by atoms with E-state index < -0.39 is 0 Å². The summed E-state index contributed by atoms with van der Waals surface area (Å²) in [6.45, 7) is 1.13. The number of thiophene rings is 1. The van der Waals surface area contributed by atoms with Gasteiger partial charge in [-0.3, -0.25) is 9.59 Å². The van der Waals surface area contributed by atoms with Crippen molar-refractivity contribution in [3.05, 3.63) is 82.4 Å². The summed E-state index contributed by atoms with van der Waals surface area (Å²) in [6, 6.07) is 17.4. The molecule has 1 aliphatic rings. The van der Waals surface area contributed by atoms with Crippen molar-refractivity contribution in [3.8, 4) is 0 Å². The second-order valence-corrected chi connectivity index (χ2v) is 7.99. The Morgan fingerprint density at radius 1 is 1.00 bits per heavy atom. The molecule has 0 bridgehead atoms. The summed E-state index contributed by atoms with van der Waals surface area (Å²) in [5.74, 6) is 0.0215. The fourth-order valence-electron chi connectivity index (χ4n) is 3.17. The molecule has 0 spiro atoms. The first-order valence-corrected chi connectivity index (χ1v) is 10.3. The van der Waals surface area contributed by atoms with Crippen molar-refractivity contribution in [2.75, 3.05) is 6.54 Å². The largest absolute Gasteiger partial charge is 0.459 e. The number of nitrogens with zero attached hydrogens (tertiary/aromatic N) is 2. The van der Waals surface area contributed by atoms with Crippen molar-refractivity contribution in [3.63, 3.8) is 0 Å². The normalized spacial score (nSPS) is 13.3. The van der Waals surface area contributed by atoms with Gasteiger partial charge in [-0.05, 0) is 42.0 Å². The molecule has 3 aromatic rings. The molecule has 0 radical (unpaired) electrons. The van der Waals surface area contributed by atoms with E-state index >= 15 is 0 Å². The van der Waals surface area contributed by atoms with E-state index in [-0.39, 0.29) is 30.2 Å². The minimum absolute atomic E-state index is 0.0518. The van der Waals surface area contributed by atoms with Gasteiger partial charge in [0.15, 0.2) is 5.76 Å². The predicted molar refractivity (Wildman–Crippen MR) is 108 cm³/mol. The van der Waals surface area contributed by atoms with Gasteiger partial charge in [0, 0.05) is 17.5 Å². The first-order chi connectivity index (χ1) is 13.7. The topological polar surface area (TPSA) is 53.8 Å². The monoisotopic (exact) mass is 394 g/mol. The Balaban J connectivity index is 1.51. The summed E-state index contributed by atoms with van der Waals surface area (Å²) in [6.07, 6.45) is 3.35. The quantitative estimate of drug-likeness (QED) is 0.576. The van der Waals surface area contributed by atoms with Gasteiger partial charge in [0.2, 0.25) is 5.91 Å². The van der Waals surface area contributed by atoms with Gasteiger partial charge in [0.1, 0.15) is 6.54 Å². The lowest BCUT2D eigenvalue weighted by molar-refractivity contribution is -0.133. The van der Waals surface area contributed by atoms with Crippen LogP contribution in [-0.2, 0) is 17.9 Å². The Bertz CT molecular complexity index is 903. The van der Waals surface area contributed by atoms with Crippen LogP contribution in [0.5, 0.6) is 0 Å². The molecule has 2 amide bonds. The minimum Gasteiger partial charge on any atom is -0.459 e. The zero-order chi connectivity index (χ0) is 19.3. The molecule has 1 saturated carbocycles. The Kier molecular flexibility index (Phi) is 5.58. The average molecular weight is 394 g/mol. The second kappa shape index (κ2) is 8.44. The van der Waals surface area contributed by atoms with Crippen molar-refractivity contribution in [1.82, 2.24) is 9.80 Å². The van der Waals surface area contributed by atoms with Gasteiger partial charge in [0.05, 0.1) is 12.8 Å². The van der Waals surface area contributed by atoms with E-state index in [2.05, 4.69) is 0 Å². The van der Waals surface area contributed by atoms with E-state index in [0.717, 1.165) is 23.3 Å². The van der Waals surface area contributed by atoms with E-state index in [9.17, 15) is 9.59 Å². The summed E-state index contributed by atoms with van der Waals surface area (Å²) in [7, 11) is 0.